The summed E-state index contributed by atoms with van der Waals surface area (Å²) in [5, 5.41) is 1.69. The van der Waals surface area contributed by atoms with Crippen molar-refractivity contribution in [2.24, 2.45) is 7.05 Å². The molecule has 0 aliphatic heterocycles. The van der Waals surface area contributed by atoms with Crippen LogP contribution in [-0.2, 0) is 7.05 Å². The number of halogens is 1. The number of hydrogen-bond acceptors (Lipinski definition) is 4. The molecule has 0 bridgehead atoms. The lowest BCUT2D eigenvalue weighted by Crippen LogP contribution is -2.12. The Morgan fingerprint density at radius 2 is 2.00 bits per heavy atom. The highest BCUT2D eigenvalue weighted by Crippen LogP contribution is 2.26. The van der Waals surface area contributed by atoms with E-state index in [1.807, 2.05) is 36.1 Å². The first kappa shape index (κ1) is 14.1. The van der Waals surface area contributed by atoms with Crippen molar-refractivity contribution in [3.63, 3.8) is 0 Å². The summed E-state index contributed by atoms with van der Waals surface area (Å²) in [5.41, 5.74) is 1.78. The fourth-order valence-electron chi connectivity index (χ4n) is 2.21. The molecule has 4 nitrogen and oxygen atoms in total. The van der Waals surface area contributed by atoms with E-state index in [-0.39, 0.29) is 5.43 Å². The Labute approximate surface area is 130 Å². The molecule has 106 valence electrons. The average molecular weight is 318 g/mol. The van der Waals surface area contributed by atoms with Gasteiger partial charge in [-0.15, -0.1) is 0 Å². The van der Waals surface area contributed by atoms with Crippen LogP contribution in [0.4, 0.5) is 0 Å². The SMILES string of the molecule is CSc1ncc2c(=O)c(-c3ccccc3Cl)cn(C)c2n1. The zero-order valence-corrected chi connectivity index (χ0v) is 13.1. The summed E-state index contributed by atoms with van der Waals surface area (Å²) in [5.74, 6) is 0. The highest BCUT2D eigenvalue weighted by molar-refractivity contribution is 7.98. The van der Waals surface area contributed by atoms with Gasteiger partial charge < -0.3 is 4.57 Å². The number of pyridine rings is 1. The van der Waals surface area contributed by atoms with E-state index in [1.54, 1.807) is 18.5 Å². The second kappa shape index (κ2) is 5.50. The van der Waals surface area contributed by atoms with E-state index >= 15 is 0 Å². The van der Waals surface area contributed by atoms with Gasteiger partial charge in [0.2, 0.25) is 0 Å². The Morgan fingerprint density at radius 1 is 1.24 bits per heavy atom. The number of rotatable bonds is 2. The molecule has 0 atom stereocenters. The Hall–Kier alpha value is -1.85. The zero-order chi connectivity index (χ0) is 15.0. The number of aryl methyl sites for hydroxylation is 1. The van der Waals surface area contributed by atoms with E-state index in [4.69, 9.17) is 11.6 Å². The molecule has 2 aromatic heterocycles. The molecule has 6 heteroatoms. The first-order valence-corrected chi connectivity index (χ1v) is 7.87. The van der Waals surface area contributed by atoms with E-state index in [2.05, 4.69) is 9.97 Å². The number of benzene rings is 1. The van der Waals surface area contributed by atoms with Gasteiger partial charge in [0.25, 0.3) is 0 Å². The predicted molar refractivity (Wildman–Crippen MR) is 87.0 cm³/mol. The fraction of sp³-hybridized carbons (Fsp3) is 0.133. The van der Waals surface area contributed by atoms with Gasteiger partial charge in [-0.05, 0) is 12.3 Å². The lowest BCUT2D eigenvalue weighted by molar-refractivity contribution is 0.889. The van der Waals surface area contributed by atoms with E-state index in [0.717, 1.165) is 5.56 Å². The molecule has 2 heterocycles. The van der Waals surface area contributed by atoms with Gasteiger partial charge in [0, 0.05) is 35.6 Å². The molecule has 0 saturated carbocycles. The molecule has 21 heavy (non-hydrogen) atoms. The third-order valence-corrected chi connectivity index (χ3v) is 4.13. The number of fused-ring (bicyclic) bond motifs is 1. The summed E-state index contributed by atoms with van der Waals surface area (Å²) in [7, 11) is 1.86. The first-order valence-electron chi connectivity index (χ1n) is 6.27. The lowest BCUT2D eigenvalue weighted by atomic mass is 10.1. The minimum Gasteiger partial charge on any atom is -0.335 e. The molecule has 3 aromatic rings. The quantitative estimate of drug-likeness (QED) is 0.537. The third-order valence-electron chi connectivity index (χ3n) is 3.24. The molecule has 0 spiro atoms. The molecule has 0 N–H and O–H groups in total. The summed E-state index contributed by atoms with van der Waals surface area (Å²) in [6.07, 6.45) is 5.25. The van der Waals surface area contributed by atoms with E-state index in [9.17, 15) is 4.79 Å². The normalized spacial score (nSPS) is 11.0. The van der Waals surface area contributed by atoms with Crippen LogP contribution >= 0.6 is 23.4 Å². The molecule has 0 saturated heterocycles. The van der Waals surface area contributed by atoms with Gasteiger partial charge in [0.15, 0.2) is 10.6 Å². The van der Waals surface area contributed by atoms with Crippen molar-refractivity contribution in [2.45, 2.75) is 5.16 Å². The summed E-state index contributed by atoms with van der Waals surface area (Å²) < 4.78 is 1.83. The minimum absolute atomic E-state index is 0.108. The Bertz CT molecular complexity index is 892. The van der Waals surface area contributed by atoms with Crippen molar-refractivity contribution >= 4 is 34.4 Å². The molecular weight excluding hydrogens is 306 g/mol. The van der Waals surface area contributed by atoms with E-state index in [0.29, 0.717) is 26.8 Å². The van der Waals surface area contributed by atoms with Gasteiger partial charge in [-0.2, -0.15) is 0 Å². The lowest BCUT2D eigenvalue weighted by Gasteiger charge is -2.10. The summed E-state index contributed by atoms with van der Waals surface area (Å²) >= 11 is 7.64. The number of nitrogens with zero attached hydrogens (tertiary/aromatic N) is 3. The van der Waals surface area contributed by atoms with Crippen molar-refractivity contribution in [2.75, 3.05) is 6.26 Å². The van der Waals surface area contributed by atoms with Crippen LogP contribution in [0.25, 0.3) is 22.2 Å². The second-order valence-electron chi connectivity index (χ2n) is 4.56. The van der Waals surface area contributed by atoms with Gasteiger partial charge in [-0.1, -0.05) is 41.6 Å². The standard InChI is InChI=1S/C15H12ClN3OS/c1-19-8-11(9-5-3-4-6-12(9)16)13(20)10-7-17-15(21-2)18-14(10)19/h3-8H,1-2H3. The predicted octanol–water partition coefficient (Wildman–Crippen LogP) is 3.37. The second-order valence-corrected chi connectivity index (χ2v) is 5.74. The van der Waals surface area contributed by atoms with Crippen LogP contribution in [0.1, 0.15) is 0 Å². The molecule has 0 unspecified atom stereocenters. The van der Waals surface area contributed by atoms with Crippen LogP contribution in [0.2, 0.25) is 5.02 Å². The van der Waals surface area contributed by atoms with Crippen molar-refractivity contribution < 1.29 is 0 Å². The van der Waals surface area contributed by atoms with Crippen LogP contribution < -0.4 is 5.43 Å². The molecule has 3 rings (SSSR count). The molecule has 0 radical (unpaired) electrons. The zero-order valence-electron chi connectivity index (χ0n) is 11.5. The van der Waals surface area contributed by atoms with Crippen LogP contribution in [-0.4, -0.2) is 20.8 Å². The number of hydrogen-bond donors (Lipinski definition) is 0. The molecule has 0 fully saturated rings. The van der Waals surface area contributed by atoms with Crippen LogP contribution in [0.15, 0.2) is 46.6 Å². The molecular formula is C15H12ClN3OS. The molecule has 0 amide bonds. The first-order chi connectivity index (χ1) is 10.1. The summed E-state index contributed by atoms with van der Waals surface area (Å²) in [4.78, 5) is 21.3. The van der Waals surface area contributed by atoms with Gasteiger partial charge in [-0.25, -0.2) is 9.97 Å². The van der Waals surface area contributed by atoms with E-state index < -0.39 is 0 Å². The van der Waals surface area contributed by atoms with Gasteiger partial charge >= 0.3 is 0 Å². The van der Waals surface area contributed by atoms with Crippen molar-refractivity contribution in [3.05, 3.63) is 51.9 Å². The molecule has 0 aliphatic rings. The van der Waals surface area contributed by atoms with Crippen molar-refractivity contribution in [1.82, 2.24) is 14.5 Å². The van der Waals surface area contributed by atoms with Gasteiger partial charge in [0.05, 0.1) is 5.39 Å². The summed E-state index contributed by atoms with van der Waals surface area (Å²) in [6, 6.07) is 7.30. The Morgan fingerprint density at radius 3 is 2.71 bits per heavy atom. The Balaban J connectivity index is 2.35. The maximum Gasteiger partial charge on any atom is 0.200 e. The number of aromatic nitrogens is 3. The van der Waals surface area contributed by atoms with Crippen LogP contribution in [0.5, 0.6) is 0 Å². The average Bonchev–Trinajstić information content (AvgIpc) is 2.51. The number of thioether (sulfide) groups is 1. The Kier molecular flexibility index (Phi) is 3.69. The third kappa shape index (κ3) is 2.43. The highest BCUT2D eigenvalue weighted by Gasteiger charge is 2.13. The maximum atomic E-state index is 12.7. The van der Waals surface area contributed by atoms with Gasteiger partial charge in [0.1, 0.15) is 5.65 Å². The smallest absolute Gasteiger partial charge is 0.200 e. The van der Waals surface area contributed by atoms with Crippen LogP contribution in [0, 0.1) is 0 Å². The summed E-state index contributed by atoms with van der Waals surface area (Å²) in [6.45, 7) is 0. The van der Waals surface area contributed by atoms with Crippen molar-refractivity contribution in [3.8, 4) is 11.1 Å². The molecule has 0 aliphatic carbocycles. The van der Waals surface area contributed by atoms with Gasteiger partial charge in [-0.3, -0.25) is 4.79 Å². The highest BCUT2D eigenvalue weighted by atomic mass is 35.5. The molecule has 1 aromatic carbocycles. The topological polar surface area (TPSA) is 47.8 Å². The van der Waals surface area contributed by atoms with Crippen molar-refractivity contribution in [1.29, 1.82) is 0 Å². The van der Waals surface area contributed by atoms with Crippen LogP contribution in [0.3, 0.4) is 0 Å². The maximum absolute atomic E-state index is 12.7. The minimum atomic E-state index is -0.108. The monoisotopic (exact) mass is 317 g/mol. The largest absolute Gasteiger partial charge is 0.335 e. The fourth-order valence-corrected chi connectivity index (χ4v) is 2.79. The van der Waals surface area contributed by atoms with E-state index in [1.165, 1.54) is 11.8 Å².